The Labute approximate surface area is 195 Å². The van der Waals surface area contributed by atoms with Crippen LogP contribution >= 0.6 is 11.6 Å². The molecule has 0 atom stereocenters. The van der Waals surface area contributed by atoms with E-state index in [9.17, 15) is 23.3 Å². The van der Waals surface area contributed by atoms with E-state index in [1.54, 1.807) is 48.5 Å². The third-order valence-corrected chi connectivity index (χ3v) is 6.64. The van der Waals surface area contributed by atoms with E-state index < -0.39 is 27.4 Å². The molecule has 0 aliphatic carbocycles. The number of sulfonamides is 1. The van der Waals surface area contributed by atoms with Gasteiger partial charge in [-0.3, -0.25) is 14.9 Å². The normalized spacial score (nSPS) is 11.6. The van der Waals surface area contributed by atoms with E-state index in [-0.39, 0.29) is 27.7 Å². The van der Waals surface area contributed by atoms with Gasteiger partial charge in [0.15, 0.2) is 0 Å². The Morgan fingerprint density at radius 1 is 1.06 bits per heavy atom. The molecule has 1 amide bonds. The number of benzene rings is 3. The molecule has 0 saturated heterocycles. The smallest absolute Gasteiger partial charge is 0.270 e. The average Bonchev–Trinajstić information content (AvgIpc) is 2.81. The van der Waals surface area contributed by atoms with Gasteiger partial charge in [-0.1, -0.05) is 60.1 Å². The van der Waals surface area contributed by atoms with E-state index in [0.717, 1.165) is 10.5 Å². The number of carbonyl (C=O) groups excluding carboxylic acids is 1. The molecule has 3 rings (SSSR count). The Morgan fingerprint density at radius 2 is 1.70 bits per heavy atom. The molecule has 0 unspecified atom stereocenters. The Hall–Kier alpha value is -3.60. The zero-order chi connectivity index (χ0) is 23.8. The summed E-state index contributed by atoms with van der Waals surface area (Å²) in [5, 5.41) is 14.9. The number of hydrazone groups is 1. The summed E-state index contributed by atoms with van der Waals surface area (Å²) in [6.07, 6.45) is 1.15. The number of halogens is 1. The second-order valence-corrected chi connectivity index (χ2v) is 9.17. The molecule has 0 aliphatic heterocycles. The van der Waals surface area contributed by atoms with Crippen molar-refractivity contribution in [3.63, 3.8) is 0 Å². The number of nitrogens with one attached hydrogen (secondary N) is 1. The maximum absolute atomic E-state index is 13.1. The van der Waals surface area contributed by atoms with Crippen molar-refractivity contribution in [2.45, 2.75) is 11.4 Å². The molecular formula is C22H19ClN4O5S. The SMILES string of the molecule is O=C(CN(Cc1ccccc1)S(=O)(=O)c1ccccc1)NN=Cc1cc([N+](=O)[O-])ccc1Cl. The van der Waals surface area contributed by atoms with E-state index in [0.29, 0.717) is 5.56 Å². The van der Waals surface area contributed by atoms with Crippen LogP contribution in [-0.4, -0.2) is 36.3 Å². The molecule has 11 heteroatoms. The Kier molecular flexibility index (Phi) is 7.88. The summed E-state index contributed by atoms with van der Waals surface area (Å²) in [4.78, 5) is 22.9. The fourth-order valence-corrected chi connectivity index (χ4v) is 4.44. The van der Waals surface area contributed by atoms with Crippen LogP contribution in [-0.2, 0) is 21.4 Å². The van der Waals surface area contributed by atoms with Gasteiger partial charge in [0.05, 0.1) is 22.6 Å². The van der Waals surface area contributed by atoms with Gasteiger partial charge in [0.1, 0.15) is 0 Å². The lowest BCUT2D eigenvalue weighted by Gasteiger charge is -2.21. The van der Waals surface area contributed by atoms with Crippen LogP contribution in [0.15, 0.2) is 88.9 Å². The lowest BCUT2D eigenvalue weighted by molar-refractivity contribution is -0.384. The first kappa shape index (κ1) is 24.1. The summed E-state index contributed by atoms with van der Waals surface area (Å²) >= 11 is 6.00. The maximum Gasteiger partial charge on any atom is 0.270 e. The quantitative estimate of drug-likeness (QED) is 0.281. The van der Waals surface area contributed by atoms with Crippen molar-refractivity contribution >= 4 is 39.4 Å². The van der Waals surface area contributed by atoms with Gasteiger partial charge in [0.25, 0.3) is 11.6 Å². The molecule has 0 saturated carbocycles. The molecule has 170 valence electrons. The van der Waals surface area contributed by atoms with Gasteiger partial charge in [-0.2, -0.15) is 9.41 Å². The third kappa shape index (κ3) is 6.45. The summed E-state index contributed by atoms with van der Waals surface area (Å²) < 4.78 is 27.3. The van der Waals surface area contributed by atoms with E-state index in [1.807, 2.05) is 0 Å². The van der Waals surface area contributed by atoms with E-state index in [4.69, 9.17) is 11.6 Å². The second kappa shape index (κ2) is 10.8. The highest BCUT2D eigenvalue weighted by Gasteiger charge is 2.26. The number of amides is 1. The lowest BCUT2D eigenvalue weighted by atomic mass is 10.2. The molecule has 3 aromatic rings. The summed E-state index contributed by atoms with van der Waals surface area (Å²) in [5.74, 6) is -0.691. The first-order valence-corrected chi connectivity index (χ1v) is 11.4. The number of carbonyl (C=O) groups is 1. The second-order valence-electron chi connectivity index (χ2n) is 6.83. The molecule has 0 radical (unpaired) electrons. The van der Waals surface area contributed by atoms with Crippen LogP contribution in [0.2, 0.25) is 5.02 Å². The highest BCUT2D eigenvalue weighted by molar-refractivity contribution is 7.89. The molecule has 9 nitrogen and oxygen atoms in total. The first-order chi connectivity index (χ1) is 15.8. The van der Waals surface area contributed by atoms with Crippen molar-refractivity contribution in [1.29, 1.82) is 0 Å². The molecule has 0 spiro atoms. The number of nitro benzene ring substituents is 1. The van der Waals surface area contributed by atoms with Crippen molar-refractivity contribution in [2.24, 2.45) is 5.10 Å². The molecule has 1 N–H and O–H groups in total. The van der Waals surface area contributed by atoms with Crippen LogP contribution in [0.3, 0.4) is 0 Å². The van der Waals surface area contributed by atoms with Gasteiger partial charge in [0, 0.05) is 29.3 Å². The summed E-state index contributed by atoms with van der Waals surface area (Å²) in [6, 6.07) is 20.5. The molecule has 33 heavy (non-hydrogen) atoms. The fourth-order valence-electron chi connectivity index (χ4n) is 2.87. The number of non-ortho nitro benzene ring substituents is 1. The first-order valence-electron chi connectivity index (χ1n) is 9.62. The summed E-state index contributed by atoms with van der Waals surface area (Å²) in [6.45, 7) is -0.516. The van der Waals surface area contributed by atoms with Crippen LogP contribution in [0, 0.1) is 10.1 Å². The molecule has 0 bridgehead atoms. The summed E-state index contributed by atoms with van der Waals surface area (Å²) in [7, 11) is -3.97. The predicted octanol–water partition coefficient (Wildman–Crippen LogP) is 3.59. The molecule has 0 fully saturated rings. The fraction of sp³-hybridized carbons (Fsp3) is 0.0909. The molecule has 0 aliphatic rings. The number of hydrogen-bond acceptors (Lipinski definition) is 6. The van der Waals surface area contributed by atoms with E-state index in [1.165, 1.54) is 30.3 Å². The zero-order valence-corrected chi connectivity index (χ0v) is 18.7. The number of hydrogen-bond donors (Lipinski definition) is 1. The monoisotopic (exact) mass is 486 g/mol. The third-order valence-electron chi connectivity index (χ3n) is 4.49. The van der Waals surface area contributed by atoms with Crippen molar-refractivity contribution < 1.29 is 18.1 Å². The topological polar surface area (TPSA) is 122 Å². The van der Waals surface area contributed by atoms with Crippen molar-refractivity contribution in [3.8, 4) is 0 Å². The Bertz CT molecular complexity index is 1270. The average molecular weight is 487 g/mol. The number of nitro groups is 1. The zero-order valence-electron chi connectivity index (χ0n) is 17.2. The van der Waals surface area contributed by atoms with Crippen LogP contribution in [0.4, 0.5) is 5.69 Å². The van der Waals surface area contributed by atoms with Crippen LogP contribution in [0.1, 0.15) is 11.1 Å². The van der Waals surface area contributed by atoms with Crippen molar-refractivity contribution in [1.82, 2.24) is 9.73 Å². The van der Waals surface area contributed by atoms with E-state index in [2.05, 4.69) is 10.5 Å². The lowest BCUT2D eigenvalue weighted by Crippen LogP contribution is -2.39. The summed E-state index contributed by atoms with van der Waals surface area (Å²) in [5.41, 5.74) is 2.99. The molecular weight excluding hydrogens is 468 g/mol. The van der Waals surface area contributed by atoms with Gasteiger partial charge in [0.2, 0.25) is 10.0 Å². The highest BCUT2D eigenvalue weighted by Crippen LogP contribution is 2.21. The molecule has 0 heterocycles. The van der Waals surface area contributed by atoms with Gasteiger partial charge in [-0.25, -0.2) is 13.8 Å². The standard InChI is InChI=1S/C22H19ClN4O5S/c23-21-12-11-19(27(29)30)13-18(21)14-24-25-22(28)16-26(15-17-7-3-1-4-8-17)33(31,32)20-9-5-2-6-10-20/h1-14H,15-16H2,(H,25,28). The largest absolute Gasteiger partial charge is 0.272 e. The van der Waals surface area contributed by atoms with Gasteiger partial charge >= 0.3 is 0 Å². The Balaban J connectivity index is 1.77. The number of rotatable bonds is 9. The minimum absolute atomic E-state index is 0.0219. The van der Waals surface area contributed by atoms with Crippen molar-refractivity contribution in [2.75, 3.05) is 6.54 Å². The molecule has 0 aromatic heterocycles. The van der Waals surface area contributed by atoms with E-state index >= 15 is 0 Å². The van der Waals surface area contributed by atoms with Gasteiger partial charge in [-0.15, -0.1) is 0 Å². The van der Waals surface area contributed by atoms with Crippen LogP contribution in [0.25, 0.3) is 0 Å². The van der Waals surface area contributed by atoms with Crippen LogP contribution in [0.5, 0.6) is 0 Å². The Morgan fingerprint density at radius 3 is 2.33 bits per heavy atom. The van der Waals surface area contributed by atoms with Gasteiger partial charge < -0.3 is 0 Å². The van der Waals surface area contributed by atoms with Crippen molar-refractivity contribution in [3.05, 3.63) is 105 Å². The van der Waals surface area contributed by atoms with Crippen LogP contribution < -0.4 is 5.43 Å². The maximum atomic E-state index is 13.1. The van der Waals surface area contributed by atoms with Gasteiger partial charge in [-0.05, 0) is 23.8 Å². The molecule has 3 aromatic carbocycles. The number of nitrogens with zero attached hydrogens (tertiary/aromatic N) is 3. The minimum Gasteiger partial charge on any atom is -0.272 e. The highest BCUT2D eigenvalue weighted by atomic mass is 35.5. The minimum atomic E-state index is -3.97. The predicted molar refractivity (Wildman–Crippen MR) is 124 cm³/mol.